The third kappa shape index (κ3) is 13.3. The van der Waals surface area contributed by atoms with Crippen molar-refractivity contribution >= 4 is 73.0 Å². The minimum Gasteiger partial charge on any atom is -1.00 e. The van der Waals surface area contributed by atoms with Gasteiger partial charge in [-0.2, -0.15) is 0 Å². The van der Waals surface area contributed by atoms with Crippen molar-refractivity contribution in [2.75, 3.05) is 19.3 Å². The van der Waals surface area contributed by atoms with E-state index in [4.69, 9.17) is 44.3 Å². The number of alkyl halides is 1. The van der Waals surface area contributed by atoms with Crippen molar-refractivity contribution in [2.45, 2.75) is 58.1 Å². The predicted molar refractivity (Wildman–Crippen MR) is 166 cm³/mol. The van der Waals surface area contributed by atoms with Gasteiger partial charge < -0.3 is 20.5 Å². The Kier molecular flexibility index (Phi) is 16.3. The zero-order valence-corrected chi connectivity index (χ0v) is 29.9. The number of H-pyrrole nitrogens is 1. The van der Waals surface area contributed by atoms with Crippen LogP contribution in [0.4, 0.5) is 0 Å². The molecule has 4 aromatic rings. The zero-order chi connectivity index (χ0) is 27.5. The third-order valence-electron chi connectivity index (χ3n) is 5.32. The third-order valence-corrected chi connectivity index (χ3v) is 9.54. The van der Waals surface area contributed by atoms with Crippen LogP contribution >= 0.6 is 34.8 Å². The molecular weight excluding hydrogens is 586 g/mol. The first kappa shape index (κ1) is 35.6. The van der Waals surface area contributed by atoms with Gasteiger partial charge in [0, 0.05) is 64.9 Å². The molecule has 4 rings (SSSR count). The SMILES string of the molecule is C[Si](C)(C)CCOCCl.C[Si](C)(C)CCOCn1ccc2c(Cl)ccnc21.Clc1ccnc2[nH]ccc12.[H-].[Na+]. The van der Waals surface area contributed by atoms with E-state index in [9.17, 15) is 0 Å². The summed E-state index contributed by atoms with van der Waals surface area (Å²) in [6.07, 6.45) is 7.20. The first-order valence-electron chi connectivity index (χ1n) is 12.3. The van der Waals surface area contributed by atoms with Gasteiger partial charge in [0.25, 0.3) is 0 Å². The number of hydrogen-bond donors (Lipinski definition) is 1. The predicted octanol–water partition coefficient (Wildman–Crippen LogP) is 5.87. The van der Waals surface area contributed by atoms with Crippen molar-refractivity contribution in [2.24, 2.45) is 0 Å². The van der Waals surface area contributed by atoms with Gasteiger partial charge in [-0.05, 0) is 36.4 Å². The minimum absolute atomic E-state index is 0. The molecule has 0 aliphatic heterocycles. The van der Waals surface area contributed by atoms with E-state index in [1.165, 1.54) is 12.1 Å². The Hall–Kier alpha value is -0.396. The molecular formula is C26H40Cl3N4NaO2Si2. The maximum absolute atomic E-state index is 6.10. The molecule has 0 bridgehead atoms. The molecule has 206 valence electrons. The molecule has 0 amide bonds. The van der Waals surface area contributed by atoms with Gasteiger partial charge in [-0.3, -0.25) is 0 Å². The summed E-state index contributed by atoms with van der Waals surface area (Å²) >= 11 is 17.3. The van der Waals surface area contributed by atoms with Crippen molar-refractivity contribution in [1.82, 2.24) is 19.5 Å². The second-order valence-electron chi connectivity index (χ2n) is 11.0. The summed E-state index contributed by atoms with van der Waals surface area (Å²) in [7, 11) is -1.89. The second-order valence-corrected chi connectivity index (χ2v) is 23.3. The topological polar surface area (TPSA) is 65.0 Å². The van der Waals surface area contributed by atoms with Crippen LogP contribution < -0.4 is 29.6 Å². The number of rotatable bonds is 9. The van der Waals surface area contributed by atoms with E-state index in [1.807, 2.05) is 29.1 Å². The van der Waals surface area contributed by atoms with Gasteiger partial charge in [-0.15, -0.1) is 0 Å². The normalized spacial score (nSPS) is 11.4. The number of pyridine rings is 2. The van der Waals surface area contributed by atoms with Crippen LogP contribution in [0.5, 0.6) is 0 Å². The maximum Gasteiger partial charge on any atom is 1.00 e. The van der Waals surface area contributed by atoms with E-state index in [2.05, 4.69) is 54.2 Å². The fraction of sp³-hybridized carbons (Fsp3) is 0.462. The fourth-order valence-electron chi connectivity index (χ4n) is 3.06. The van der Waals surface area contributed by atoms with Gasteiger partial charge >= 0.3 is 29.6 Å². The number of nitrogens with zero attached hydrogens (tertiary/aromatic N) is 3. The van der Waals surface area contributed by atoms with Crippen LogP contribution in [-0.4, -0.2) is 54.9 Å². The molecule has 1 N–H and O–H groups in total. The minimum atomic E-state index is -1.01. The van der Waals surface area contributed by atoms with E-state index < -0.39 is 16.1 Å². The maximum atomic E-state index is 6.10. The first-order valence-corrected chi connectivity index (χ1v) is 21.0. The molecule has 0 aromatic carbocycles. The Morgan fingerprint density at radius 3 is 2.00 bits per heavy atom. The van der Waals surface area contributed by atoms with Gasteiger partial charge in [0.05, 0.1) is 10.0 Å². The Bertz CT molecular complexity index is 1230. The van der Waals surface area contributed by atoms with Crippen LogP contribution in [0.2, 0.25) is 61.4 Å². The molecule has 6 nitrogen and oxygen atoms in total. The molecule has 4 aromatic heterocycles. The number of fused-ring (bicyclic) bond motifs is 2. The molecule has 0 saturated carbocycles. The largest absolute Gasteiger partial charge is 1.00 e. The molecule has 0 aliphatic rings. The Balaban J connectivity index is 0.000000589. The average Bonchev–Trinajstić information content (AvgIpc) is 3.45. The first-order chi connectivity index (χ1) is 17.4. The Morgan fingerprint density at radius 1 is 0.842 bits per heavy atom. The van der Waals surface area contributed by atoms with Gasteiger partial charge in [-0.1, -0.05) is 74.1 Å². The molecule has 0 unspecified atom stereocenters. The second kappa shape index (κ2) is 17.4. The van der Waals surface area contributed by atoms with E-state index in [0.29, 0.717) is 12.8 Å². The fourth-order valence-corrected chi connectivity index (χ4v) is 5.10. The Labute approximate surface area is 267 Å². The van der Waals surface area contributed by atoms with Crippen LogP contribution in [0, 0.1) is 0 Å². The van der Waals surface area contributed by atoms with Gasteiger partial charge in [-0.25, -0.2) is 9.97 Å². The summed E-state index contributed by atoms with van der Waals surface area (Å²) in [5.41, 5.74) is 1.73. The number of halogens is 3. The number of aromatic amines is 1. The van der Waals surface area contributed by atoms with Gasteiger partial charge in [0.2, 0.25) is 0 Å². The summed E-state index contributed by atoms with van der Waals surface area (Å²) in [4.78, 5) is 11.4. The van der Waals surface area contributed by atoms with Crippen LogP contribution in [0.15, 0.2) is 49.1 Å². The van der Waals surface area contributed by atoms with Gasteiger partial charge in [0.1, 0.15) is 24.1 Å². The number of hydrogen-bond acceptors (Lipinski definition) is 4. The van der Waals surface area contributed by atoms with Gasteiger partial charge in [0.15, 0.2) is 0 Å². The summed E-state index contributed by atoms with van der Waals surface area (Å²) in [5, 5.41) is 3.43. The number of aromatic nitrogens is 4. The summed E-state index contributed by atoms with van der Waals surface area (Å²) < 4.78 is 12.7. The van der Waals surface area contributed by atoms with Crippen molar-refractivity contribution in [3.8, 4) is 0 Å². The van der Waals surface area contributed by atoms with Crippen LogP contribution in [0.25, 0.3) is 22.1 Å². The van der Waals surface area contributed by atoms with E-state index in [-0.39, 0.29) is 31.0 Å². The molecule has 0 spiro atoms. The van der Waals surface area contributed by atoms with Crippen molar-refractivity contribution in [3.63, 3.8) is 0 Å². The smallest absolute Gasteiger partial charge is 1.00 e. The van der Waals surface area contributed by atoms with E-state index in [0.717, 1.165) is 45.3 Å². The molecule has 0 saturated heterocycles. The standard InChI is InChI=1S/C13H19ClN2OSi.C7H5ClN2.C6H15ClOSi.Na.H/c1-18(2,3)9-8-17-10-16-7-5-11-12(14)4-6-15-13(11)16;8-6-2-4-10-7-5(6)1-3-9-7;1-9(2,3)5-4-8-6-7;;/h4-7H,8-10H2,1-3H3;1-4H,(H,9,10);4-6H2,1-3H3;;/q;;;+1;-1. The zero-order valence-electron chi connectivity index (χ0n) is 24.7. The monoisotopic (exact) mass is 624 g/mol. The molecule has 38 heavy (non-hydrogen) atoms. The quantitative estimate of drug-likeness (QED) is 0.144. The summed E-state index contributed by atoms with van der Waals surface area (Å²) in [6.45, 7) is 16.2. The molecule has 0 atom stereocenters. The van der Waals surface area contributed by atoms with Crippen molar-refractivity contribution in [3.05, 3.63) is 59.1 Å². The molecule has 0 radical (unpaired) electrons. The molecule has 12 heteroatoms. The molecule has 0 fully saturated rings. The number of nitrogens with one attached hydrogen (secondary N) is 1. The summed E-state index contributed by atoms with van der Waals surface area (Å²) in [5.74, 6) is 0. The summed E-state index contributed by atoms with van der Waals surface area (Å²) in [6, 6.07) is 10.2. The van der Waals surface area contributed by atoms with Crippen molar-refractivity contribution < 1.29 is 40.5 Å². The molecule has 0 aliphatic carbocycles. The van der Waals surface area contributed by atoms with Crippen LogP contribution in [0.3, 0.4) is 0 Å². The van der Waals surface area contributed by atoms with E-state index in [1.54, 1.807) is 24.5 Å². The Morgan fingerprint density at radius 2 is 1.42 bits per heavy atom. The number of ether oxygens (including phenoxy) is 2. The average molecular weight is 626 g/mol. The van der Waals surface area contributed by atoms with Crippen LogP contribution in [0.1, 0.15) is 1.43 Å². The van der Waals surface area contributed by atoms with E-state index >= 15 is 0 Å². The molecule has 4 heterocycles. The van der Waals surface area contributed by atoms with Crippen LogP contribution in [-0.2, 0) is 16.2 Å². The van der Waals surface area contributed by atoms with Crippen molar-refractivity contribution in [1.29, 1.82) is 0 Å².